The lowest BCUT2D eigenvalue weighted by atomic mass is 9.95. The second-order valence-corrected chi connectivity index (χ2v) is 5.96. The Kier molecular flexibility index (Phi) is 5.01. The van der Waals surface area contributed by atoms with Crippen LogP contribution >= 0.6 is 0 Å². The zero-order chi connectivity index (χ0) is 13.0. The second-order valence-electron chi connectivity index (χ2n) is 5.96. The molecule has 0 bridgehead atoms. The Morgan fingerprint density at radius 1 is 1.22 bits per heavy atom. The van der Waals surface area contributed by atoms with E-state index in [1.165, 1.54) is 38.8 Å². The van der Waals surface area contributed by atoms with Gasteiger partial charge in [-0.05, 0) is 51.2 Å². The molecular weight excluding hydrogens is 228 g/mol. The number of hydrogen-bond donors (Lipinski definition) is 1. The molecule has 0 aliphatic carbocycles. The minimum absolute atomic E-state index is 0.282. The van der Waals surface area contributed by atoms with E-state index in [0.717, 1.165) is 25.6 Å². The zero-order valence-electron chi connectivity index (χ0n) is 11.5. The molecule has 0 aromatic carbocycles. The number of carbonyl (C=O) groups is 1. The van der Waals surface area contributed by atoms with Crippen LogP contribution in [0, 0.1) is 5.92 Å². The molecule has 104 valence electrons. The lowest BCUT2D eigenvalue weighted by Crippen LogP contribution is -2.50. The molecule has 18 heavy (non-hydrogen) atoms. The highest BCUT2D eigenvalue weighted by molar-refractivity contribution is 5.66. The molecule has 2 rings (SSSR count). The zero-order valence-corrected chi connectivity index (χ0v) is 11.5. The molecule has 2 aliphatic heterocycles. The third-order valence-electron chi connectivity index (χ3n) is 4.46. The first kappa shape index (κ1) is 13.8. The fraction of sp³-hybridized carbons (Fsp3) is 0.929. The molecule has 0 aromatic heterocycles. The molecule has 1 atom stereocenters. The van der Waals surface area contributed by atoms with Crippen molar-refractivity contribution in [1.29, 1.82) is 0 Å². The van der Waals surface area contributed by atoms with Crippen LogP contribution in [0.25, 0.3) is 0 Å². The maximum absolute atomic E-state index is 10.6. The van der Waals surface area contributed by atoms with Crippen LogP contribution in [0.5, 0.6) is 0 Å². The molecule has 2 aliphatic rings. The van der Waals surface area contributed by atoms with Crippen LogP contribution in [0.1, 0.15) is 39.0 Å². The van der Waals surface area contributed by atoms with Crippen molar-refractivity contribution in [3.8, 4) is 0 Å². The highest BCUT2D eigenvalue weighted by Crippen LogP contribution is 2.22. The van der Waals surface area contributed by atoms with Gasteiger partial charge in [0.05, 0.1) is 6.42 Å². The van der Waals surface area contributed by atoms with Crippen molar-refractivity contribution in [1.82, 2.24) is 9.80 Å². The van der Waals surface area contributed by atoms with E-state index < -0.39 is 5.97 Å². The number of nitrogens with zero attached hydrogens (tertiary/aromatic N) is 2. The summed E-state index contributed by atoms with van der Waals surface area (Å²) in [5, 5.41) is 8.75. The van der Waals surface area contributed by atoms with Gasteiger partial charge in [0.2, 0.25) is 0 Å². The number of piperidine rings is 2. The van der Waals surface area contributed by atoms with E-state index in [4.69, 9.17) is 5.11 Å². The van der Waals surface area contributed by atoms with Crippen LogP contribution < -0.4 is 0 Å². The number of hydrogen-bond acceptors (Lipinski definition) is 3. The number of carboxylic acid groups (broad SMARTS) is 1. The maximum atomic E-state index is 10.6. The van der Waals surface area contributed by atoms with Gasteiger partial charge in [0.1, 0.15) is 0 Å². The molecule has 2 heterocycles. The van der Waals surface area contributed by atoms with Gasteiger partial charge in [0, 0.05) is 19.1 Å². The number of rotatable bonds is 4. The molecule has 2 saturated heterocycles. The van der Waals surface area contributed by atoms with Crippen molar-refractivity contribution in [3.05, 3.63) is 0 Å². The minimum atomic E-state index is -0.677. The summed E-state index contributed by atoms with van der Waals surface area (Å²) < 4.78 is 0. The summed E-state index contributed by atoms with van der Waals surface area (Å²) in [5.41, 5.74) is 0. The normalized spacial score (nSPS) is 28.4. The van der Waals surface area contributed by atoms with Crippen molar-refractivity contribution < 1.29 is 9.90 Å². The standard InChI is InChI=1S/C14H26N2O2/c1-12-4-9-16(10-5-12)13-3-2-7-15(11-13)8-6-14(17)18/h12-13H,2-11H2,1H3,(H,17,18). The van der Waals surface area contributed by atoms with E-state index in [2.05, 4.69) is 16.7 Å². The predicted octanol–water partition coefficient (Wildman–Crippen LogP) is 1.66. The Hall–Kier alpha value is -0.610. The molecule has 4 nitrogen and oxygen atoms in total. The second kappa shape index (κ2) is 6.53. The SMILES string of the molecule is CC1CCN(C2CCCN(CCC(=O)O)C2)CC1. The highest BCUT2D eigenvalue weighted by Gasteiger charge is 2.27. The van der Waals surface area contributed by atoms with Crippen LogP contribution in [0.15, 0.2) is 0 Å². The van der Waals surface area contributed by atoms with Gasteiger partial charge >= 0.3 is 5.97 Å². The van der Waals surface area contributed by atoms with Gasteiger partial charge < -0.3 is 10.0 Å². The van der Waals surface area contributed by atoms with Crippen molar-refractivity contribution in [3.63, 3.8) is 0 Å². The molecule has 1 N–H and O–H groups in total. The maximum Gasteiger partial charge on any atom is 0.304 e. The van der Waals surface area contributed by atoms with Crippen LogP contribution in [-0.2, 0) is 4.79 Å². The lowest BCUT2D eigenvalue weighted by molar-refractivity contribution is -0.137. The summed E-state index contributed by atoms with van der Waals surface area (Å²) in [4.78, 5) is 15.6. The van der Waals surface area contributed by atoms with E-state index >= 15 is 0 Å². The molecule has 0 spiro atoms. The van der Waals surface area contributed by atoms with Gasteiger partial charge in [-0.2, -0.15) is 0 Å². The first-order valence-electron chi connectivity index (χ1n) is 7.33. The molecule has 0 radical (unpaired) electrons. The van der Waals surface area contributed by atoms with E-state index in [-0.39, 0.29) is 6.42 Å². The van der Waals surface area contributed by atoms with E-state index in [1.807, 2.05) is 0 Å². The summed E-state index contributed by atoms with van der Waals surface area (Å²) in [6.07, 6.45) is 5.44. The van der Waals surface area contributed by atoms with Gasteiger partial charge in [-0.25, -0.2) is 0 Å². The summed E-state index contributed by atoms with van der Waals surface area (Å²) in [5.74, 6) is 0.205. The third-order valence-corrected chi connectivity index (χ3v) is 4.46. The molecule has 0 amide bonds. The van der Waals surface area contributed by atoms with E-state index in [9.17, 15) is 4.79 Å². The summed E-state index contributed by atoms with van der Waals surface area (Å²) in [6, 6.07) is 0.667. The van der Waals surface area contributed by atoms with Crippen molar-refractivity contribution in [2.24, 2.45) is 5.92 Å². The predicted molar refractivity (Wildman–Crippen MR) is 71.7 cm³/mol. The topological polar surface area (TPSA) is 43.8 Å². The lowest BCUT2D eigenvalue weighted by Gasteiger charge is -2.42. The minimum Gasteiger partial charge on any atom is -0.481 e. The smallest absolute Gasteiger partial charge is 0.304 e. The van der Waals surface area contributed by atoms with Gasteiger partial charge in [-0.15, -0.1) is 0 Å². The molecule has 0 saturated carbocycles. The Morgan fingerprint density at radius 3 is 2.61 bits per heavy atom. The van der Waals surface area contributed by atoms with Crippen molar-refractivity contribution in [2.75, 3.05) is 32.7 Å². The van der Waals surface area contributed by atoms with Crippen LogP contribution in [0.3, 0.4) is 0 Å². The van der Waals surface area contributed by atoms with Crippen molar-refractivity contribution >= 4 is 5.97 Å². The average Bonchev–Trinajstić information content (AvgIpc) is 2.37. The monoisotopic (exact) mass is 254 g/mol. The fourth-order valence-electron chi connectivity index (χ4n) is 3.18. The van der Waals surface area contributed by atoms with Crippen LogP contribution in [0.4, 0.5) is 0 Å². The molecule has 0 aromatic rings. The molecular formula is C14H26N2O2. The third kappa shape index (κ3) is 3.95. The van der Waals surface area contributed by atoms with Gasteiger partial charge in [0.25, 0.3) is 0 Å². The van der Waals surface area contributed by atoms with Crippen molar-refractivity contribution in [2.45, 2.75) is 45.1 Å². The Morgan fingerprint density at radius 2 is 1.94 bits per heavy atom. The summed E-state index contributed by atoms with van der Waals surface area (Å²) in [7, 11) is 0. The Balaban J connectivity index is 1.77. The Bertz CT molecular complexity index is 275. The summed E-state index contributed by atoms with van der Waals surface area (Å²) >= 11 is 0. The first-order valence-corrected chi connectivity index (χ1v) is 7.33. The van der Waals surface area contributed by atoms with Gasteiger partial charge in [0.15, 0.2) is 0 Å². The van der Waals surface area contributed by atoms with Gasteiger partial charge in [-0.1, -0.05) is 6.92 Å². The highest BCUT2D eigenvalue weighted by atomic mass is 16.4. The quantitative estimate of drug-likeness (QED) is 0.828. The fourth-order valence-corrected chi connectivity index (χ4v) is 3.18. The van der Waals surface area contributed by atoms with E-state index in [0.29, 0.717) is 6.04 Å². The number of aliphatic carboxylic acids is 1. The average molecular weight is 254 g/mol. The number of likely N-dealkylation sites (tertiary alicyclic amines) is 2. The summed E-state index contributed by atoms with van der Waals surface area (Å²) in [6.45, 7) is 7.68. The molecule has 1 unspecified atom stereocenters. The largest absolute Gasteiger partial charge is 0.481 e. The van der Waals surface area contributed by atoms with E-state index in [1.54, 1.807) is 0 Å². The molecule has 4 heteroatoms. The van der Waals surface area contributed by atoms with Gasteiger partial charge in [-0.3, -0.25) is 9.69 Å². The molecule has 2 fully saturated rings. The van der Waals surface area contributed by atoms with Crippen LogP contribution in [0.2, 0.25) is 0 Å². The Labute approximate surface area is 110 Å². The number of carboxylic acids is 1. The van der Waals surface area contributed by atoms with Crippen LogP contribution in [-0.4, -0.2) is 59.6 Å². The first-order chi connectivity index (χ1) is 8.65.